The van der Waals surface area contributed by atoms with Crippen LogP contribution in [0.15, 0.2) is 46.9 Å². The lowest BCUT2D eigenvalue weighted by atomic mass is 9.77. The first-order valence-corrected chi connectivity index (χ1v) is 9.85. The Balaban J connectivity index is 1.58. The van der Waals surface area contributed by atoms with E-state index in [0.29, 0.717) is 0 Å². The maximum absolute atomic E-state index is 6.27. The quantitative estimate of drug-likeness (QED) is 0.579. The molecule has 1 aromatic heterocycles. The molecule has 0 radical (unpaired) electrons. The summed E-state index contributed by atoms with van der Waals surface area (Å²) in [5.41, 5.74) is 5.29. The number of aryl methyl sites for hydroxylation is 2. The highest BCUT2D eigenvalue weighted by molar-refractivity contribution is 6.62. The highest BCUT2D eigenvalue weighted by Gasteiger charge is 2.51. The van der Waals surface area contributed by atoms with Crippen LogP contribution >= 0.6 is 0 Å². The first-order chi connectivity index (χ1) is 12.9. The summed E-state index contributed by atoms with van der Waals surface area (Å²) in [6.45, 7) is 8.38. The van der Waals surface area contributed by atoms with Gasteiger partial charge in [0, 0.05) is 16.5 Å². The predicted octanol–water partition coefficient (Wildman–Crippen LogP) is 4.89. The summed E-state index contributed by atoms with van der Waals surface area (Å²) in [6.07, 6.45) is 3.21. The van der Waals surface area contributed by atoms with Crippen molar-refractivity contribution < 1.29 is 13.7 Å². The average Bonchev–Trinajstić information content (AvgIpc) is 3.02. The molecule has 1 aliphatic heterocycles. The number of benzene rings is 2. The van der Waals surface area contributed by atoms with Gasteiger partial charge in [-0.15, -0.1) is 0 Å². The van der Waals surface area contributed by atoms with Crippen LogP contribution in [0.3, 0.4) is 0 Å². The Labute approximate surface area is 160 Å². The molecule has 0 atom stereocenters. The average molecular weight is 360 g/mol. The second-order valence-electron chi connectivity index (χ2n) is 8.76. The van der Waals surface area contributed by atoms with Crippen molar-refractivity contribution in [2.75, 3.05) is 0 Å². The van der Waals surface area contributed by atoms with Crippen LogP contribution < -0.4 is 5.46 Å². The van der Waals surface area contributed by atoms with Crippen molar-refractivity contribution >= 4 is 23.6 Å². The number of para-hydroxylation sites is 1. The number of rotatable bonds is 1. The maximum Gasteiger partial charge on any atom is 0.494 e. The molecule has 0 amide bonds. The van der Waals surface area contributed by atoms with Crippen LogP contribution in [0.25, 0.3) is 22.3 Å². The fourth-order valence-electron chi connectivity index (χ4n) is 4.19. The van der Waals surface area contributed by atoms with Crippen LogP contribution in [0.1, 0.15) is 45.2 Å². The van der Waals surface area contributed by atoms with E-state index in [1.54, 1.807) is 0 Å². The van der Waals surface area contributed by atoms with Crippen LogP contribution in [-0.2, 0) is 22.2 Å². The molecule has 0 bridgehead atoms. The second kappa shape index (κ2) is 5.73. The first-order valence-electron chi connectivity index (χ1n) is 9.85. The molecule has 2 heterocycles. The van der Waals surface area contributed by atoms with Crippen molar-refractivity contribution in [1.82, 2.24) is 0 Å². The van der Waals surface area contributed by atoms with Crippen molar-refractivity contribution in [2.24, 2.45) is 0 Å². The van der Waals surface area contributed by atoms with Gasteiger partial charge in [0.05, 0.1) is 11.2 Å². The molecule has 0 N–H and O–H groups in total. The summed E-state index contributed by atoms with van der Waals surface area (Å²) in [5.74, 6) is 1.03. The summed E-state index contributed by atoms with van der Waals surface area (Å²) < 4.78 is 18.8. The van der Waals surface area contributed by atoms with E-state index in [4.69, 9.17) is 13.7 Å². The molecule has 1 aliphatic carbocycles. The largest absolute Gasteiger partial charge is 0.494 e. The van der Waals surface area contributed by atoms with Gasteiger partial charge in [0.2, 0.25) is 0 Å². The fraction of sp³-hybridized carbons (Fsp3) is 0.391. The summed E-state index contributed by atoms with van der Waals surface area (Å²) in [7, 11) is -0.321. The van der Waals surface area contributed by atoms with Gasteiger partial charge < -0.3 is 13.7 Å². The van der Waals surface area contributed by atoms with Gasteiger partial charge in [-0.05, 0) is 64.1 Å². The topological polar surface area (TPSA) is 31.6 Å². The van der Waals surface area contributed by atoms with Gasteiger partial charge >= 0.3 is 7.12 Å². The Bertz CT molecular complexity index is 1020. The SMILES string of the molecule is CC1(C)OB(c2ccc3c(c2)CCCc2c-3oc3ccccc23)OC1(C)C. The molecular formula is C23H25BO3. The maximum atomic E-state index is 6.27. The van der Waals surface area contributed by atoms with Crippen LogP contribution in [0.2, 0.25) is 0 Å². The molecule has 0 spiro atoms. The molecule has 3 aromatic rings. The Morgan fingerprint density at radius 2 is 1.63 bits per heavy atom. The summed E-state index contributed by atoms with van der Waals surface area (Å²) in [4.78, 5) is 0. The fourth-order valence-corrected chi connectivity index (χ4v) is 4.19. The minimum absolute atomic E-state index is 0.321. The third-order valence-electron chi connectivity index (χ3n) is 6.47. The van der Waals surface area contributed by atoms with Gasteiger partial charge in [-0.1, -0.05) is 36.4 Å². The molecule has 138 valence electrons. The third kappa shape index (κ3) is 2.58. The molecule has 27 heavy (non-hydrogen) atoms. The zero-order chi connectivity index (χ0) is 18.8. The Kier molecular flexibility index (Phi) is 3.63. The van der Waals surface area contributed by atoms with Crippen molar-refractivity contribution in [3.05, 3.63) is 53.6 Å². The number of hydrogen-bond donors (Lipinski definition) is 0. The Morgan fingerprint density at radius 1 is 0.889 bits per heavy atom. The lowest BCUT2D eigenvalue weighted by Crippen LogP contribution is -2.41. The standard InChI is InChI=1S/C23H25BO3/c1-22(2)23(3,4)27-24(26-22)16-12-13-17-15(14-16)8-7-10-19-18-9-5-6-11-20(18)25-21(17)19/h5-6,9,11-14H,7-8,10H2,1-4H3. The highest BCUT2D eigenvalue weighted by atomic mass is 16.7. The molecule has 0 unspecified atom stereocenters. The zero-order valence-corrected chi connectivity index (χ0v) is 16.5. The normalized spacial score (nSPS) is 20.4. The predicted molar refractivity (Wildman–Crippen MR) is 109 cm³/mol. The van der Waals surface area contributed by atoms with Crippen LogP contribution in [0.5, 0.6) is 0 Å². The lowest BCUT2D eigenvalue weighted by Gasteiger charge is -2.32. The number of furan rings is 1. The second-order valence-corrected chi connectivity index (χ2v) is 8.76. The molecule has 1 saturated heterocycles. The third-order valence-corrected chi connectivity index (χ3v) is 6.47. The number of fused-ring (bicyclic) bond motifs is 5. The van der Waals surface area contributed by atoms with E-state index in [1.807, 2.05) is 6.07 Å². The van der Waals surface area contributed by atoms with E-state index in [2.05, 4.69) is 64.1 Å². The minimum Gasteiger partial charge on any atom is -0.456 e. The smallest absolute Gasteiger partial charge is 0.456 e. The van der Waals surface area contributed by atoms with Crippen LogP contribution in [-0.4, -0.2) is 18.3 Å². The first kappa shape index (κ1) is 17.1. The van der Waals surface area contributed by atoms with E-state index in [0.717, 1.165) is 36.1 Å². The van der Waals surface area contributed by atoms with Crippen molar-refractivity contribution in [1.29, 1.82) is 0 Å². The van der Waals surface area contributed by atoms with Gasteiger partial charge in [0.15, 0.2) is 0 Å². The van der Waals surface area contributed by atoms with Crippen molar-refractivity contribution in [3.63, 3.8) is 0 Å². The summed E-state index contributed by atoms with van der Waals surface area (Å²) in [5, 5.41) is 1.25. The van der Waals surface area contributed by atoms with Gasteiger partial charge in [-0.25, -0.2) is 0 Å². The monoisotopic (exact) mass is 360 g/mol. The highest BCUT2D eigenvalue weighted by Crippen LogP contribution is 2.40. The molecule has 3 nitrogen and oxygen atoms in total. The van der Waals surface area contributed by atoms with Gasteiger partial charge in [0.1, 0.15) is 11.3 Å². The molecule has 5 rings (SSSR count). The molecule has 2 aliphatic rings. The van der Waals surface area contributed by atoms with Crippen LogP contribution in [0.4, 0.5) is 0 Å². The molecule has 2 aromatic carbocycles. The molecule has 0 saturated carbocycles. The van der Waals surface area contributed by atoms with Gasteiger partial charge in [-0.3, -0.25) is 0 Å². The summed E-state index contributed by atoms with van der Waals surface area (Å²) in [6, 6.07) is 14.9. The van der Waals surface area contributed by atoms with Gasteiger partial charge in [0.25, 0.3) is 0 Å². The molecular weight excluding hydrogens is 335 g/mol. The van der Waals surface area contributed by atoms with Crippen molar-refractivity contribution in [3.8, 4) is 11.3 Å². The lowest BCUT2D eigenvalue weighted by molar-refractivity contribution is 0.00578. The van der Waals surface area contributed by atoms with E-state index < -0.39 is 0 Å². The van der Waals surface area contributed by atoms with E-state index in [-0.39, 0.29) is 18.3 Å². The van der Waals surface area contributed by atoms with Crippen molar-refractivity contribution in [2.45, 2.75) is 58.2 Å². The van der Waals surface area contributed by atoms with E-state index in [9.17, 15) is 0 Å². The zero-order valence-electron chi connectivity index (χ0n) is 16.5. The molecule has 1 fully saturated rings. The van der Waals surface area contributed by atoms with E-state index >= 15 is 0 Å². The Morgan fingerprint density at radius 3 is 2.41 bits per heavy atom. The number of hydrogen-bond acceptors (Lipinski definition) is 3. The Hall–Kier alpha value is -2.04. The molecule has 4 heteroatoms. The van der Waals surface area contributed by atoms with Crippen LogP contribution in [0, 0.1) is 0 Å². The summed E-state index contributed by atoms with van der Waals surface area (Å²) >= 11 is 0. The van der Waals surface area contributed by atoms with Gasteiger partial charge in [-0.2, -0.15) is 0 Å². The van der Waals surface area contributed by atoms with E-state index in [1.165, 1.54) is 22.1 Å². The minimum atomic E-state index is -0.323.